The van der Waals surface area contributed by atoms with Gasteiger partial charge in [-0.05, 0) is 36.5 Å². The number of hydrogen-bond acceptors (Lipinski definition) is 4. The number of carbonyl (C=O) groups excluding carboxylic acids is 2. The lowest BCUT2D eigenvalue weighted by molar-refractivity contribution is 0.0930. The molecule has 0 radical (unpaired) electrons. The number of thiocarbonyl (C=S) groups is 1. The Balaban J connectivity index is 1.93. The summed E-state index contributed by atoms with van der Waals surface area (Å²) in [6.07, 6.45) is 1.56. The minimum absolute atomic E-state index is 0.161. The number of amides is 2. The van der Waals surface area contributed by atoms with Crippen molar-refractivity contribution in [3.05, 3.63) is 78.1 Å². The standard InChI is InChI=1S/C18H16FN3O3S/c1-2-11-25-15-10-6-4-8-13(15)17(24)21-22-18(26)20-16(23)12-7-3-5-9-14(12)19/h2-10H,1,11H2,(H,21,24)(H2,20,22,23,26). The second-order valence-corrected chi connectivity index (χ2v) is 5.35. The summed E-state index contributed by atoms with van der Waals surface area (Å²) < 4.78 is 19.0. The monoisotopic (exact) mass is 373 g/mol. The van der Waals surface area contributed by atoms with Gasteiger partial charge in [0.05, 0.1) is 11.1 Å². The molecule has 2 rings (SSSR count). The van der Waals surface area contributed by atoms with Gasteiger partial charge in [-0.25, -0.2) is 4.39 Å². The summed E-state index contributed by atoms with van der Waals surface area (Å²) in [7, 11) is 0. The quantitative estimate of drug-likeness (QED) is 0.426. The van der Waals surface area contributed by atoms with Crippen molar-refractivity contribution in [3.63, 3.8) is 0 Å². The van der Waals surface area contributed by atoms with Crippen LogP contribution in [0.3, 0.4) is 0 Å². The molecule has 0 atom stereocenters. The number of rotatable bonds is 5. The van der Waals surface area contributed by atoms with E-state index >= 15 is 0 Å². The third kappa shape index (κ3) is 5.12. The minimum Gasteiger partial charge on any atom is -0.489 e. The Morgan fingerprint density at radius 2 is 1.69 bits per heavy atom. The lowest BCUT2D eigenvalue weighted by atomic mass is 10.2. The lowest BCUT2D eigenvalue weighted by Crippen LogP contribution is -2.48. The van der Waals surface area contributed by atoms with Crippen LogP contribution in [-0.2, 0) is 0 Å². The lowest BCUT2D eigenvalue weighted by Gasteiger charge is -2.13. The van der Waals surface area contributed by atoms with Crippen molar-refractivity contribution in [3.8, 4) is 5.75 Å². The third-order valence-electron chi connectivity index (χ3n) is 3.12. The van der Waals surface area contributed by atoms with Gasteiger partial charge in [-0.1, -0.05) is 36.9 Å². The van der Waals surface area contributed by atoms with Gasteiger partial charge in [0.25, 0.3) is 11.8 Å². The Morgan fingerprint density at radius 3 is 2.38 bits per heavy atom. The van der Waals surface area contributed by atoms with Crippen LogP contribution in [0.15, 0.2) is 61.2 Å². The first kappa shape index (κ1) is 19.1. The fourth-order valence-corrected chi connectivity index (χ4v) is 2.10. The Labute approximate surface area is 155 Å². The molecule has 0 aliphatic carbocycles. The zero-order valence-corrected chi connectivity index (χ0v) is 14.4. The van der Waals surface area contributed by atoms with Crippen LogP contribution in [-0.4, -0.2) is 23.5 Å². The number of para-hydroxylation sites is 1. The van der Waals surface area contributed by atoms with Crippen LogP contribution in [0.2, 0.25) is 0 Å². The maximum absolute atomic E-state index is 13.6. The van der Waals surface area contributed by atoms with Gasteiger partial charge >= 0.3 is 0 Å². The molecular weight excluding hydrogens is 357 g/mol. The highest BCUT2D eigenvalue weighted by atomic mass is 32.1. The van der Waals surface area contributed by atoms with Crippen LogP contribution in [0, 0.1) is 5.82 Å². The van der Waals surface area contributed by atoms with Gasteiger partial charge in [-0.15, -0.1) is 0 Å². The van der Waals surface area contributed by atoms with Gasteiger partial charge in [-0.2, -0.15) is 0 Å². The Morgan fingerprint density at radius 1 is 1.04 bits per heavy atom. The number of ether oxygens (including phenoxy) is 1. The van der Waals surface area contributed by atoms with Crippen LogP contribution in [0.25, 0.3) is 0 Å². The number of nitrogens with one attached hydrogen (secondary N) is 3. The van der Waals surface area contributed by atoms with Crippen molar-refractivity contribution in [2.45, 2.75) is 0 Å². The summed E-state index contributed by atoms with van der Waals surface area (Å²) in [5.41, 5.74) is 4.84. The van der Waals surface area contributed by atoms with E-state index in [2.05, 4.69) is 22.7 Å². The molecule has 0 fully saturated rings. The smallest absolute Gasteiger partial charge is 0.273 e. The average molecular weight is 373 g/mol. The minimum atomic E-state index is -0.732. The summed E-state index contributed by atoms with van der Waals surface area (Å²) in [5, 5.41) is 2.09. The van der Waals surface area contributed by atoms with Crippen molar-refractivity contribution in [2.24, 2.45) is 0 Å². The predicted octanol–water partition coefficient (Wildman–Crippen LogP) is 2.34. The Kier molecular flexibility index (Phi) is 6.81. The first-order chi connectivity index (χ1) is 12.5. The maximum atomic E-state index is 13.6. The van der Waals surface area contributed by atoms with Gasteiger partial charge < -0.3 is 4.74 Å². The van der Waals surface area contributed by atoms with Crippen molar-refractivity contribution < 1.29 is 18.7 Å². The third-order valence-corrected chi connectivity index (χ3v) is 3.33. The molecule has 26 heavy (non-hydrogen) atoms. The maximum Gasteiger partial charge on any atom is 0.273 e. The normalized spacial score (nSPS) is 9.73. The van der Waals surface area contributed by atoms with E-state index in [0.29, 0.717) is 5.75 Å². The van der Waals surface area contributed by atoms with Crippen LogP contribution >= 0.6 is 12.2 Å². The zero-order chi connectivity index (χ0) is 18.9. The second kappa shape index (κ2) is 9.28. The van der Waals surface area contributed by atoms with Crippen molar-refractivity contribution in [2.75, 3.05) is 6.61 Å². The van der Waals surface area contributed by atoms with Crippen molar-refractivity contribution in [1.82, 2.24) is 16.2 Å². The first-order valence-corrected chi connectivity index (χ1v) is 7.92. The van der Waals surface area contributed by atoms with Gasteiger partial charge in [0.15, 0.2) is 5.11 Å². The molecule has 0 saturated carbocycles. The molecule has 0 spiro atoms. The molecule has 134 valence electrons. The van der Waals surface area contributed by atoms with E-state index in [1.165, 1.54) is 18.2 Å². The molecule has 2 amide bonds. The fourth-order valence-electron chi connectivity index (χ4n) is 1.96. The Hall–Kier alpha value is -3.26. The van der Waals surface area contributed by atoms with E-state index in [0.717, 1.165) is 6.07 Å². The molecule has 2 aromatic carbocycles. The summed E-state index contributed by atoms with van der Waals surface area (Å²) >= 11 is 4.92. The molecule has 3 N–H and O–H groups in total. The Bertz CT molecular complexity index is 842. The van der Waals surface area contributed by atoms with Gasteiger partial charge in [-0.3, -0.25) is 25.8 Å². The number of carbonyl (C=O) groups is 2. The van der Waals surface area contributed by atoms with Gasteiger partial charge in [0.2, 0.25) is 0 Å². The molecule has 6 nitrogen and oxygen atoms in total. The molecule has 0 aliphatic rings. The van der Waals surface area contributed by atoms with Crippen molar-refractivity contribution >= 4 is 29.1 Å². The largest absolute Gasteiger partial charge is 0.489 e. The number of hydrogen-bond donors (Lipinski definition) is 3. The van der Waals surface area contributed by atoms with E-state index < -0.39 is 17.6 Å². The molecule has 2 aromatic rings. The highest BCUT2D eigenvalue weighted by Crippen LogP contribution is 2.17. The second-order valence-electron chi connectivity index (χ2n) is 4.94. The van der Waals surface area contributed by atoms with E-state index in [9.17, 15) is 14.0 Å². The SMILES string of the molecule is C=CCOc1ccccc1C(=O)NNC(=S)NC(=O)c1ccccc1F. The highest BCUT2D eigenvalue weighted by Gasteiger charge is 2.14. The van der Waals surface area contributed by atoms with Crippen LogP contribution in [0.5, 0.6) is 5.75 Å². The van der Waals surface area contributed by atoms with E-state index in [-0.39, 0.29) is 22.8 Å². The summed E-state index contributed by atoms with van der Waals surface area (Å²) in [6.45, 7) is 3.79. The topological polar surface area (TPSA) is 79.5 Å². The first-order valence-electron chi connectivity index (χ1n) is 7.52. The van der Waals surface area contributed by atoms with E-state index in [4.69, 9.17) is 17.0 Å². The number of halogens is 1. The summed E-state index contributed by atoms with van der Waals surface area (Å²) in [6, 6.07) is 12.1. The molecule has 0 bridgehead atoms. The molecule has 0 saturated heterocycles. The van der Waals surface area contributed by atoms with Gasteiger partial charge in [0, 0.05) is 0 Å². The number of hydrazine groups is 1. The zero-order valence-electron chi connectivity index (χ0n) is 13.6. The molecular formula is C18H16FN3O3S. The highest BCUT2D eigenvalue weighted by molar-refractivity contribution is 7.80. The van der Waals surface area contributed by atoms with Crippen LogP contribution < -0.4 is 20.9 Å². The summed E-state index contributed by atoms with van der Waals surface area (Å²) in [5.74, 6) is -1.56. The predicted molar refractivity (Wildman–Crippen MR) is 99.2 cm³/mol. The van der Waals surface area contributed by atoms with Crippen molar-refractivity contribution in [1.29, 1.82) is 0 Å². The molecule has 0 aliphatic heterocycles. The fraction of sp³-hybridized carbons (Fsp3) is 0.0556. The molecule has 0 aromatic heterocycles. The summed E-state index contributed by atoms with van der Waals surface area (Å²) in [4.78, 5) is 24.2. The average Bonchev–Trinajstić information content (AvgIpc) is 2.65. The number of benzene rings is 2. The van der Waals surface area contributed by atoms with E-state index in [1.54, 1.807) is 30.3 Å². The van der Waals surface area contributed by atoms with Crippen LogP contribution in [0.4, 0.5) is 4.39 Å². The molecule has 0 heterocycles. The molecule has 8 heteroatoms. The van der Waals surface area contributed by atoms with E-state index in [1.807, 2.05) is 0 Å². The van der Waals surface area contributed by atoms with Crippen LogP contribution in [0.1, 0.15) is 20.7 Å². The van der Waals surface area contributed by atoms with Gasteiger partial charge in [0.1, 0.15) is 18.2 Å². The molecule has 0 unspecified atom stereocenters.